The van der Waals surface area contributed by atoms with Crippen molar-refractivity contribution < 1.29 is 27.2 Å². The number of hydrogen-bond acceptors (Lipinski definition) is 6. The molecule has 0 saturated heterocycles. The summed E-state index contributed by atoms with van der Waals surface area (Å²) in [5, 5.41) is 10.0. The third-order valence-corrected chi connectivity index (χ3v) is 6.45. The number of aryl methyl sites for hydroxylation is 1. The fourth-order valence-electron chi connectivity index (χ4n) is 3.17. The second kappa shape index (κ2) is 13.7. The van der Waals surface area contributed by atoms with Crippen LogP contribution in [-0.4, -0.2) is 39.4 Å². The summed E-state index contributed by atoms with van der Waals surface area (Å²) >= 11 is 0. The van der Waals surface area contributed by atoms with Gasteiger partial charge in [-0.15, -0.1) is 0 Å². The van der Waals surface area contributed by atoms with E-state index in [1.165, 1.54) is 18.2 Å². The monoisotopic (exact) mass is 496 g/mol. The molecule has 3 aromatic carbocycles. The first-order valence-corrected chi connectivity index (χ1v) is 13.0. The van der Waals surface area contributed by atoms with Crippen molar-refractivity contribution in [3.63, 3.8) is 0 Å². The molecule has 0 aromatic heterocycles. The zero-order chi connectivity index (χ0) is 24.9. The minimum absolute atomic E-state index is 0.0714. The van der Waals surface area contributed by atoms with Crippen molar-refractivity contribution in [1.82, 2.24) is 0 Å². The largest absolute Gasteiger partial charge is 0.494 e. The molecule has 0 aliphatic heterocycles. The summed E-state index contributed by atoms with van der Waals surface area (Å²) in [5.74, 6) is 1.68. The quantitative estimate of drug-likeness (QED) is 0.190. The van der Waals surface area contributed by atoms with Crippen LogP contribution in [0.5, 0.6) is 11.5 Å². The number of benzene rings is 3. The highest BCUT2D eigenvalue weighted by Crippen LogP contribution is 2.15. The molecule has 0 amide bonds. The lowest BCUT2D eigenvalue weighted by Crippen LogP contribution is -2.17. The summed E-state index contributed by atoms with van der Waals surface area (Å²) < 4.78 is 40.8. The van der Waals surface area contributed by atoms with Crippen LogP contribution >= 0.6 is 0 Å². The topological polar surface area (TPSA) is 82.1 Å². The zero-order valence-electron chi connectivity index (χ0n) is 19.9. The van der Waals surface area contributed by atoms with E-state index >= 15 is 0 Å². The van der Waals surface area contributed by atoms with Crippen LogP contribution in [0.4, 0.5) is 0 Å². The first-order valence-electron chi connectivity index (χ1n) is 11.6. The predicted molar refractivity (Wildman–Crippen MR) is 136 cm³/mol. The van der Waals surface area contributed by atoms with E-state index in [1.807, 2.05) is 61.5 Å². The third kappa shape index (κ3) is 9.56. The molecule has 7 heteroatoms. The Balaban J connectivity index is 1.31. The van der Waals surface area contributed by atoms with Crippen LogP contribution < -0.4 is 9.47 Å². The number of aliphatic hydroxyl groups excluding tert-OH is 1. The van der Waals surface area contributed by atoms with E-state index in [1.54, 1.807) is 18.2 Å². The van der Waals surface area contributed by atoms with Gasteiger partial charge in [0.2, 0.25) is 0 Å². The van der Waals surface area contributed by atoms with E-state index in [2.05, 4.69) is 0 Å². The highest BCUT2D eigenvalue weighted by molar-refractivity contribution is 7.86. The van der Waals surface area contributed by atoms with Crippen LogP contribution in [-0.2, 0) is 20.7 Å². The van der Waals surface area contributed by atoms with Crippen molar-refractivity contribution in [2.75, 3.05) is 19.8 Å². The van der Waals surface area contributed by atoms with E-state index in [-0.39, 0.29) is 11.5 Å². The molecular weight excluding hydrogens is 464 g/mol. The predicted octanol–water partition coefficient (Wildman–Crippen LogP) is 5.10. The Bertz CT molecular complexity index is 1140. The van der Waals surface area contributed by atoms with Crippen LogP contribution in [0.3, 0.4) is 0 Å². The van der Waals surface area contributed by atoms with Gasteiger partial charge in [0.05, 0.1) is 30.8 Å². The van der Waals surface area contributed by atoms with Gasteiger partial charge in [0.25, 0.3) is 10.1 Å². The molecule has 3 aromatic rings. The molecule has 0 aliphatic rings. The normalized spacial score (nSPS) is 12.5. The highest BCUT2D eigenvalue weighted by atomic mass is 32.2. The van der Waals surface area contributed by atoms with Crippen LogP contribution in [0.15, 0.2) is 95.9 Å². The van der Waals surface area contributed by atoms with Crippen molar-refractivity contribution >= 4 is 10.1 Å². The Morgan fingerprint density at radius 3 is 2.06 bits per heavy atom. The number of aliphatic hydroxyl groups is 1. The van der Waals surface area contributed by atoms with Crippen molar-refractivity contribution in [2.24, 2.45) is 0 Å². The third-order valence-electron chi connectivity index (χ3n) is 5.16. The Morgan fingerprint density at radius 2 is 1.43 bits per heavy atom. The summed E-state index contributed by atoms with van der Waals surface area (Å²) in [4.78, 5) is 0.0714. The van der Waals surface area contributed by atoms with E-state index in [9.17, 15) is 13.5 Å². The van der Waals surface area contributed by atoms with Crippen molar-refractivity contribution in [2.45, 2.75) is 37.2 Å². The highest BCUT2D eigenvalue weighted by Gasteiger charge is 2.16. The molecule has 0 heterocycles. The maximum absolute atomic E-state index is 12.2. The lowest BCUT2D eigenvalue weighted by Gasteiger charge is -2.09. The van der Waals surface area contributed by atoms with Gasteiger partial charge in [-0.05, 0) is 68.1 Å². The first-order chi connectivity index (χ1) is 16.9. The summed E-state index contributed by atoms with van der Waals surface area (Å²) in [6.07, 6.45) is 4.71. The molecule has 0 unspecified atom stereocenters. The van der Waals surface area contributed by atoms with Crippen LogP contribution in [0, 0.1) is 6.92 Å². The van der Waals surface area contributed by atoms with Gasteiger partial charge in [0.1, 0.15) is 11.5 Å². The average Bonchev–Trinajstić information content (AvgIpc) is 2.87. The van der Waals surface area contributed by atoms with Crippen LogP contribution in [0.25, 0.3) is 0 Å². The smallest absolute Gasteiger partial charge is 0.297 e. The average molecular weight is 497 g/mol. The molecule has 0 bridgehead atoms. The Kier molecular flexibility index (Phi) is 10.3. The SMILES string of the molecule is Cc1ccc(S(=O)(=O)OC[C@@H](O)C=CCc2ccc(OCCCCOc3ccccc3)cc2)cc1. The van der Waals surface area contributed by atoms with Gasteiger partial charge in [-0.25, -0.2) is 0 Å². The summed E-state index contributed by atoms with van der Waals surface area (Å²) in [5.41, 5.74) is 2.00. The Morgan fingerprint density at radius 1 is 0.829 bits per heavy atom. The van der Waals surface area contributed by atoms with E-state index in [0.717, 1.165) is 35.5 Å². The van der Waals surface area contributed by atoms with Crippen molar-refractivity contribution in [1.29, 1.82) is 0 Å². The van der Waals surface area contributed by atoms with Crippen molar-refractivity contribution in [3.05, 3.63) is 102 Å². The van der Waals surface area contributed by atoms with Gasteiger partial charge in [-0.3, -0.25) is 4.18 Å². The maximum atomic E-state index is 12.2. The molecule has 0 aliphatic carbocycles. The standard InChI is InChI=1S/C28H32O6S/c1-23-12-18-28(19-13-23)35(30,31)34-22-25(29)9-7-8-24-14-16-27(17-15-24)33-21-6-5-20-32-26-10-3-2-4-11-26/h2-4,7,9-19,25,29H,5-6,8,20-22H2,1H3/t25-/m0/s1. The molecule has 0 fully saturated rings. The van der Waals surface area contributed by atoms with Gasteiger partial charge < -0.3 is 14.6 Å². The first kappa shape index (κ1) is 26.5. The van der Waals surface area contributed by atoms with Gasteiger partial charge >= 0.3 is 0 Å². The lowest BCUT2D eigenvalue weighted by atomic mass is 10.1. The Labute approximate surface area is 207 Å². The molecule has 1 atom stereocenters. The molecule has 0 radical (unpaired) electrons. The number of rotatable bonds is 14. The minimum atomic E-state index is -3.89. The van der Waals surface area contributed by atoms with Crippen molar-refractivity contribution in [3.8, 4) is 11.5 Å². The number of hydrogen-bond donors (Lipinski definition) is 1. The minimum Gasteiger partial charge on any atom is -0.494 e. The van der Waals surface area contributed by atoms with E-state index < -0.39 is 16.2 Å². The van der Waals surface area contributed by atoms with Crippen LogP contribution in [0.2, 0.25) is 0 Å². The fraction of sp³-hybridized carbons (Fsp3) is 0.286. The summed E-state index contributed by atoms with van der Waals surface area (Å²) in [7, 11) is -3.89. The maximum Gasteiger partial charge on any atom is 0.297 e. The van der Waals surface area contributed by atoms with Gasteiger partial charge in [-0.2, -0.15) is 8.42 Å². The van der Waals surface area contributed by atoms with Gasteiger partial charge in [-0.1, -0.05) is 60.2 Å². The molecule has 35 heavy (non-hydrogen) atoms. The summed E-state index contributed by atoms with van der Waals surface area (Å²) in [6, 6.07) is 23.9. The fourth-order valence-corrected chi connectivity index (χ4v) is 4.10. The molecule has 186 valence electrons. The van der Waals surface area contributed by atoms with Crippen LogP contribution in [0.1, 0.15) is 24.0 Å². The molecule has 3 rings (SSSR count). The number of ether oxygens (including phenoxy) is 2. The summed E-state index contributed by atoms with van der Waals surface area (Å²) in [6.45, 7) is 2.82. The second-order valence-electron chi connectivity index (χ2n) is 8.11. The molecular formula is C28H32O6S. The Hall–Kier alpha value is -3.13. The number of unbranched alkanes of at least 4 members (excludes halogenated alkanes) is 1. The molecule has 0 saturated carbocycles. The molecule has 6 nitrogen and oxygen atoms in total. The second-order valence-corrected chi connectivity index (χ2v) is 9.73. The number of allylic oxidation sites excluding steroid dienone is 1. The van der Waals surface area contributed by atoms with Gasteiger partial charge in [0.15, 0.2) is 0 Å². The zero-order valence-corrected chi connectivity index (χ0v) is 20.7. The lowest BCUT2D eigenvalue weighted by molar-refractivity contribution is 0.148. The molecule has 0 spiro atoms. The number of para-hydroxylation sites is 1. The molecule has 1 N–H and O–H groups in total. The van der Waals surface area contributed by atoms with E-state index in [0.29, 0.717) is 19.6 Å². The van der Waals surface area contributed by atoms with E-state index in [4.69, 9.17) is 13.7 Å². The van der Waals surface area contributed by atoms with Gasteiger partial charge in [0, 0.05) is 0 Å².